The predicted octanol–water partition coefficient (Wildman–Crippen LogP) is 1.75. The maximum atomic E-state index is 12.7. The molecule has 0 bridgehead atoms. The van der Waals surface area contributed by atoms with E-state index in [-0.39, 0.29) is 5.91 Å². The number of aromatic nitrogens is 2. The number of hydrogen-bond acceptors (Lipinski definition) is 6. The molecular weight excluding hydrogens is 342 g/mol. The highest BCUT2D eigenvalue weighted by atomic mass is 16.5. The van der Waals surface area contributed by atoms with E-state index in [4.69, 9.17) is 4.74 Å². The zero-order valence-corrected chi connectivity index (χ0v) is 16.5. The van der Waals surface area contributed by atoms with Crippen molar-refractivity contribution in [3.05, 3.63) is 41.6 Å². The van der Waals surface area contributed by atoms with Gasteiger partial charge in [-0.3, -0.25) is 4.79 Å². The molecule has 1 saturated heterocycles. The molecule has 7 heteroatoms. The smallest absolute Gasteiger partial charge is 0.227 e. The van der Waals surface area contributed by atoms with Gasteiger partial charge in [0.25, 0.3) is 0 Å². The third-order valence-electron chi connectivity index (χ3n) is 4.74. The van der Waals surface area contributed by atoms with Crippen LogP contribution in [0.25, 0.3) is 0 Å². The monoisotopic (exact) mass is 369 g/mol. The van der Waals surface area contributed by atoms with E-state index in [1.807, 2.05) is 61.2 Å². The van der Waals surface area contributed by atoms with Crippen molar-refractivity contribution < 1.29 is 9.53 Å². The molecule has 2 aromatic rings. The normalized spacial score (nSPS) is 14.2. The van der Waals surface area contributed by atoms with E-state index in [9.17, 15) is 4.79 Å². The fraction of sp³-hybridized carbons (Fsp3) is 0.450. The Morgan fingerprint density at radius 3 is 2.52 bits per heavy atom. The largest absolute Gasteiger partial charge is 0.496 e. The van der Waals surface area contributed by atoms with Crippen LogP contribution in [-0.2, 0) is 11.2 Å². The molecule has 7 nitrogen and oxygen atoms in total. The van der Waals surface area contributed by atoms with Gasteiger partial charge < -0.3 is 19.4 Å². The summed E-state index contributed by atoms with van der Waals surface area (Å²) in [5, 5.41) is 0. The third kappa shape index (κ3) is 4.48. The molecule has 0 saturated carbocycles. The average molecular weight is 369 g/mol. The van der Waals surface area contributed by atoms with E-state index < -0.39 is 0 Å². The second-order valence-corrected chi connectivity index (χ2v) is 6.92. The molecule has 1 aromatic carbocycles. The molecule has 27 heavy (non-hydrogen) atoms. The standard InChI is InChI=1S/C20H27N5O2/c1-15-13-18(23(2)3)22-20(21-15)25-11-9-24(10-12-25)19(26)14-16-7-5-6-8-17(16)27-4/h5-8,13H,9-12,14H2,1-4H3. The molecule has 1 fully saturated rings. The van der Waals surface area contributed by atoms with E-state index >= 15 is 0 Å². The minimum absolute atomic E-state index is 0.123. The molecule has 3 rings (SSSR count). The van der Waals surface area contributed by atoms with Crippen molar-refractivity contribution in [2.75, 3.05) is 57.2 Å². The average Bonchev–Trinajstić information content (AvgIpc) is 2.68. The number of aryl methyl sites for hydroxylation is 1. The lowest BCUT2D eigenvalue weighted by molar-refractivity contribution is -0.130. The number of benzene rings is 1. The summed E-state index contributed by atoms with van der Waals surface area (Å²) in [5.41, 5.74) is 1.86. The number of carbonyl (C=O) groups excluding carboxylic acids is 1. The van der Waals surface area contributed by atoms with Gasteiger partial charge in [0.05, 0.1) is 13.5 Å². The lowest BCUT2D eigenvalue weighted by atomic mass is 10.1. The Labute approximate surface area is 160 Å². The third-order valence-corrected chi connectivity index (χ3v) is 4.74. The van der Waals surface area contributed by atoms with E-state index in [1.54, 1.807) is 7.11 Å². The summed E-state index contributed by atoms with van der Waals surface area (Å²) in [6.45, 7) is 4.78. The summed E-state index contributed by atoms with van der Waals surface area (Å²) < 4.78 is 5.35. The van der Waals surface area contributed by atoms with E-state index in [0.29, 0.717) is 19.5 Å². The summed E-state index contributed by atoms with van der Waals surface area (Å²) in [4.78, 5) is 27.9. The Balaban J connectivity index is 1.62. The second kappa shape index (κ2) is 8.24. The van der Waals surface area contributed by atoms with Crippen molar-refractivity contribution >= 4 is 17.7 Å². The summed E-state index contributed by atoms with van der Waals surface area (Å²) >= 11 is 0. The Morgan fingerprint density at radius 1 is 1.15 bits per heavy atom. The van der Waals surface area contributed by atoms with Gasteiger partial charge in [-0.2, -0.15) is 4.98 Å². The number of methoxy groups -OCH3 is 1. The highest BCUT2D eigenvalue weighted by Crippen LogP contribution is 2.20. The first kappa shape index (κ1) is 18.9. The Hall–Kier alpha value is -2.83. The van der Waals surface area contributed by atoms with Crippen LogP contribution in [0.4, 0.5) is 11.8 Å². The van der Waals surface area contributed by atoms with E-state index in [2.05, 4.69) is 14.9 Å². The number of nitrogens with zero attached hydrogens (tertiary/aromatic N) is 5. The van der Waals surface area contributed by atoms with Gasteiger partial charge in [0.2, 0.25) is 11.9 Å². The molecule has 0 atom stereocenters. The van der Waals surface area contributed by atoms with Crippen LogP contribution < -0.4 is 14.5 Å². The number of piperazine rings is 1. The fourth-order valence-electron chi connectivity index (χ4n) is 3.19. The van der Waals surface area contributed by atoms with Crippen molar-refractivity contribution in [3.8, 4) is 5.75 Å². The Kier molecular flexibility index (Phi) is 5.78. The van der Waals surface area contributed by atoms with E-state index in [1.165, 1.54) is 0 Å². The number of hydrogen-bond donors (Lipinski definition) is 0. The first-order valence-corrected chi connectivity index (χ1v) is 9.15. The highest BCUT2D eigenvalue weighted by molar-refractivity contribution is 5.79. The zero-order valence-electron chi connectivity index (χ0n) is 16.5. The van der Waals surface area contributed by atoms with Gasteiger partial charge in [0.1, 0.15) is 11.6 Å². The van der Waals surface area contributed by atoms with Gasteiger partial charge >= 0.3 is 0 Å². The van der Waals surface area contributed by atoms with Gasteiger partial charge in [-0.25, -0.2) is 4.98 Å². The van der Waals surface area contributed by atoms with Gasteiger partial charge in [-0.15, -0.1) is 0 Å². The molecule has 1 aliphatic rings. The Bertz CT molecular complexity index is 801. The van der Waals surface area contributed by atoms with Crippen LogP contribution in [0, 0.1) is 6.92 Å². The number of amides is 1. The van der Waals surface area contributed by atoms with Gasteiger partial charge in [0.15, 0.2) is 0 Å². The summed E-state index contributed by atoms with van der Waals surface area (Å²) in [6.07, 6.45) is 0.357. The SMILES string of the molecule is COc1ccccc1CC(=O)N1CCN(c2nc(C)cc(N(C)C)n2)CC1. The lowest BCUT2D eigenvalue weighted by Crippen LogP contribution is -2.49. The van der Waals surface area contributed by atoms with Crippen LogP contribution >= 0.6 is 0 Å². The number of rotatable bonds is 5. The van der Waals surface area contributed by atoms with Crippen LogP contribution in [0.1, 0.15) is 11.3 Å². The molecule has 1 aliphatic heterocycles. The van der Waals surface area contributed by atoms with Crippen molar-refractivity contribution in [1.82, 2.24) is 14.9 Å². The van der Waals surface area contributed by atoms with Crippen LogP contribution in [0.5, 0.6) is 5.75 Å². The molecule has 0 unspecified atom stereocenters. The van der Waals surface area contributed by atoms with E-state index in [0.717, 1.165) is 41.9 Å². The number of carbonyl (C=O) groups is 1. The molecule has 0 aliphatic carbocycles. The van der Waals surface area contributed by atoms with Crippen LogP contribution in [0.15, 0.2) is 30.3 Å². The van der Waals surface area contributed by atoms with Crippen molar-refractivity contribution in [1.29, 1.82) is 0 Å². The van der Waals surface area contributed by atoms with Crippen molar-refractivity contribution in [2.24, 2.45) is 0 Å². The predicted molar refractivity (Wildman–Crippen MR) is 107 cm³/mol. The molecule has 0 radical (unpaired) electrons. The lowest BCUT2D eigenvalue weighted by Gasteiger charge is -2.35. The van der Waals surface area contributed by atoms with Crippen molar-refractivity contribution in [2.45, 2.75) is 13.3 Å². The molecule has 144 valence electrons. The minimum atomic E-state index is 0.123. The number of anilines is 2. The topological polar surface area (TPSA) is 61.8 Å². The van der Waals surface area contributed by atoms with Crippen LogP contribution in [-0.4, -0.2) is 68.2 Å². The van der Waals surface area contributed by atoms with Crippen LogP contribution in [0.3, 0.4) is 0 Å². The Morgan fingerprint density at radius 2 is 1.85 bits per heavy atom. The number of ether oxygens (including phenoxy) is 1. The zero-order chi connectivity index (χ0) is 19.4. The quantitative estimate of drug-likeness (QED) is 0.800. The second-order valence-electron chi connectivity index (χ2n) is 6.92. The first-order chi connectivity index (χ1) is 13.0. The van der Waals surface area contributed by atoms with Gasteiger partial charge in [-0.05, 0) is 13.0 Å². The van der Waals surface area contributed by atoms with Crippen molar-refractivity contribution in [3.63, 3.8) is 0 Å². The van der Waals surface area contributed by atoms with Gasteiger partial charge in [0, 0.05) is 57.6 Å². The summed E-state index contributed by atoms with van der Waals surface area (Å²) in [6, 6.07) is 9.64. The molecule has 1 aromatic heterocycles. The molecule has 2 heterocycles. The summed E-state index contributed by atoms with van der Waals surface area (Å²) in [7, 11) is 5.58. The molecule has 0 N–H and O–H groups in total. The molecule has 1 amide bonds. The van der Waals surface area contributed by atoms with Gasteiger partial charge in [-0.1, -0.05) is 18.2 Å². The maximum absolute atomic E-state index is 12.7. The first-order valence-electron chi connectivity index (χ1n) is 9.15. The maximum Gasteiger partial charge on any atom is 0.227 e. The van der Waals surface area contributed by atoms with Crippen LogP contribution in [0.2, 0.25) is 0 Å². The summed E-state index contributed by atoms with van der Waals surface area (Å²) in [5.74, 6) is 2.51. The molecule has 0 spiro atoms. The highest BCUT2D eigenvalue weighted by Gasteiger charge is 2.24. The minimum Gasteiger partial charge on any atom is -0.496 e. The fourth-order valence-corrected chi connectivity index (χ4v) is 3.19. The number of para-hydroxylation sites is 1. The molecular formula is C20H27N5O2.